The van der Waals surface area contributed by atoms with Gasteiger partial charge in [0.15, 0.2) is 11.8 Å². The zero-order chi connectivity index (χ0) is 22.1. The molecule has 10 heteroatoms. The number of benzene rings is 1. The number of aromatic amines is 1. The summed E-state index contributed by atoms with van der Waals surface area (Å²) in [6.07, 6.45) is 0.00489. The van der Waals surface area contributed by atoms with Crippen molar-refractivity contribution in [1.29, 1.82) is 0 Å². The van der Waals surface area contributed by atoms with E-state index in [1.54, 1.807) is 13.2 Å². The molecule has 2 aromatic heterocycles. The first-order chi connectivity index (χ1) is 15.6. The molecule has 32 heavy (non-hydrogen) atoms. The Hall–Kier alpha value is -2.59. The molecule has 4 atom stereocenters. The van der Waals surface area contributed by atoms with Gasteiger partial charge in [-0.05, 0) is 36.6 Å². The van der Waals surface area contributed by atoms with Crippen LogP contribution in [0.1, 0.15) is 12.0 Å². The molecule has 4 heterocycles. The summed E-state index contributed by atoms with van der Waals surface area (Å²) >= 11 is 6.34. The van der Waals surface area contributed by atoms with Crippen molar-refractivity contribution in [2.24, 2.45) is 0 Å². The summed E-state index contributed by atoms with van der Waals surface area (Å²) in [5.41, 5.74) is 2.28. The SMILES string of the molecule is COc1ccc(CCCOc2nc3nc(O[C@@H]4COC5[C@H](O)CO[C@@H]54)[nH]c3cc2Cl)cc1. The number of aliphatic hydroxyl groups excluding tert-OH is 1. The molecule has 2 N–H and O–H groups in total. The van der Waals surface area contributed by atoms with E-state index in [-0.39, 0.29) is 24.9 Å². The Bertz CT molecular complexity index is 1080. The highest BCUT2D eigenvalue weighted by Gasteiger charge is 2.48. The van der Waals surface area contributed by atoms with E-state index in [9.17, 15) is 5.11 Å². The van der Waals surface area contributed by atoms with Crippen molar-refractivity contribution in [3.05, 3.63) is 40.9 Å². The third kappa shape index (κ3) is 4.33. The Balaban J connectivity index is 1.19. The van der Waals surface area contributed by atoms with Crippen molar-refractivity contribution in [2.45, 2.75) is 37.3 Å². The van der Waals surface area contributed by atoms with E-state index < -0.39 is 6.10 Å². The highest BCUT2D eigenvalue weighted by Crippen LogP contribution is 2.31. The van der Waals surface area contributed by atoms with Crippen LogP contribution in [-0.2, 0) is 15.9 Å². The molecule has 0 aliphatic carbocycles. The van der Waals surface area contributed by atoms with E-state index >= 15 is 0 Å². The number of H-pyrrole nitrogens is 1. The topological polar surface area (TPSA) is 108 Å². The van der Waals surface area contributed by atoms with Crippen LogP contribution in [0, 0.1) is 0 Å². The van der Waals surface area contributed by atoms with Crippen LogP contribution in [-0.4, -0.2) is 71.4 Å². The molecule has 0 amide bonds. The minimum atomic E-state index is -0.630. The van der Waals surface area contributed by atoms with Crippen molar-refractivity contribution in [3.63, 3.8) is 0 Å². The van der Waals surface area contributed by atoms with Crippen molar-refractivity contribution in [3.8, 4) is 17.6 Å². The maximum absolute atomic E-state index is 9.86. The Labute approximate surface area is 189 Å². The van der Waals surface area contributed by atoms with Gasteiger partial charge in [0, 0.05) is 0 Å². The van der Waals surface area contributed by atoms with Crippen LogP contribution in [0.2, 0.25) is 5.02 Å². The quantitative estimate of drug-likeness (QED) is 0.493. The van der Waals surface area contributed by atoms with Gasteiger partial charge in [-0.3, -0.25) is 0 Å². The number of methoxy groups -OCH3 is 1. The number of hydrogen-bond donors (Lipinski definition) is 2. The summed E-state index contributed by atoms with van der Waals surface area (Å²) in [4.78, 5) is 11.9. The van der Waals surface area contributed by atoms with Crippen molar-refractivity contribution < 1.29 is 28.8 Å². The van der Waals surface area contributed by atoms with Crippen molar-refractivity contribution in [2.75, 3.05) is 26.9 Å². The Morgan fingerprint density at radius 1 is 1.16 bits per heavy atom. The van der Waals surface area contributed by atoms with E-state index in [2.05, 4.69) is 15.0 Å². The van der Waals surface area contributed by atoms with Gasteiger partial charge in [0.05, 0.1) is 32.4 Å². The summed E-state index contributed by atoms with van der Waals surface area (Å²) < 4.78 is 28.0. The predicted molar refractivity (Wildman–Crippen MR) is 116 cm³/mol. The first kappa shape index (κ1) is 21.3. The first-order valence-electron chi connectivity index (χ1n) is 10.5. The highest BCUT2D eigenvalue weighted by molar-refractivity contribution is 6.32. The molecular weight excluding hydrogens is 438 g/mol. The first-order valence-corrected chi connectivity index (χ1v) is 10.9. The van der Waals surface area contributed by atoms with Gasteiger partial charge < -0.3 is 33.8 Å². The largest absolute Gasteiger partial charge is 0.497 e. The average molecular weight is 462 g/mol. The molecular formula is C22H24ClN3O6. The summed E-state index contributed by atoms with van der Waals surface area (Å²) in [6, 6.07) is 9.97. The molecule has 1 unspecified atom stereocenters. The molecule has 3 aromatic rings. The maximum Gasteiger partial charge on any atom is 0.296 e. The monoisotopic (exact) mass is 461 g/mol. The molecule has 9 nitrogen and oxygen atoms in total. The summed E-state index contributed by atoms with van der Waals surface area (Å²) in [5, 5.41) is 10.3. The second-order valence-corrected chi connectivity index (χ2v) is 8.22. The summed E-state index contributed by atoms with van der Waals surface area (Å²) in [6.45, 7) is 1.03. The van der Waals surface area contributed by atoms with Crippen molar-refractivity contribution >= 4 is 22.8 Å². The van der Waals surface area contributed by atoms with E-state index in [0.717, 1.165) is 18.6 Å². The lowest BCUT2D eigenvalue weighted by Crippen LogP contribution is -2.34. The van der Waals surface area contributed by atoms with Crippen LogP contribution in [0.5, 0.6) is 17.6 Å². The Morgan fingerprint density at radius 3 is 2.78 bits per heavy atom. The number of imidazole rings is 1. The third-order valence-corrected chi connectivity index (χ3v) is 5.90. The highest BCUT2D eigenvalue weighted by atomic mass is 35.5. The van der Waals surface area contributed by atoms with Crippen LogP contribution in [0.25, 0.3) is 11.2 Å². The standard InChI is InChI=1S/C22H24ClN3O6/c1-28-13-6-4-12(5-7-13)3-2-8-29-21-14(23)9-15-20(25-21)26-22(24-15)32-17-11-31-18-16(27)10-30-19(17)18/h4-7,9,16-19,27H,2-3,8,10-11H2,1H3,(H,24,25,26)/t16-,17-,18?,19-/m1/s1. The molecule has 2 saturated heterocycles. The van der Waals surface area contributed by atoms with E-state index in [0.29, 0.717) is 41.3 Å². The lowest BCUT2D eigenvalue weighted by Gasteiger charge is -2.15. The number of hydrogen-bond acceptors (Lipinski definition) is 8. The van der Waals surface area contributed by atoms with Crippen LogP contribution in [0.15, 0.2) is 30.3 Å². The molecule has 2 aliphatic rings. The molecule has 2 aliphatic heterocycles. The summed E-state index contributed by atoms with van der Waals surface area (Å²) in [7, 11) is 1.65. The normalized spacial score (nSPS) is 24.6. The fourth-order valence-electron chi connectivity index (χ4n) is 3.96. The fraction of sp³-hybridized carbons (Fsp3) is 0.455. The zero-order valence-electron chi connectivity index (χ0n) is 17.5. The average Bonchev–Trinajstić information content (AvgIpc) is 3.48. The third-order valence-electron chi connectivity index (χ3n) is 5.63. The number of fused-ring (bicyclic) bond motifs is 2. The Morgan fingerprint density at radius 2 is 1.97 bits per heavy atom. The number of aromatic nitrogens is 3. The number of pyridine rings is 1. The van der Waals surface area contributed by atoms with Gasteiger partial charge in [0.2, 0.25) is 5.88 Å². The van der Waals surface area contributed by atoms with Gasteiger partial charge in [-0.1, -0.05) is 23.7 Å². The van der Waals surface area contributed by atoms with Gasteiger partial charge in [0.25, 0.3) is 6.01 Å². The van der Waals surface area contributed by atoms with Crippen molar-refractivity contribution in [1.82, 2.24) is 15.0 Å². The number of aliphatic hydroxyl groups is 1. The molecule has 0 bridgehead atoms. The minimum Gasteiger partial charge on any atom is -0.497 e. The van der Waals surface area contributed by atoms with E-state index in [1.807, 2.05) is 24.3 Å². The Kier molecular flexibility index (Phi) is 6.05. The summed E-state index contributed by atoms with van der Waals surface area (Å²) in [5.74, 6) is 1.17. The molecule has 0 saturated carbocycles. The minimum absolute atomic E-state index is 0.242. The van der Waals surface area contributed by atoms with Crippen LogP contribution in [0.4, 0.5) is 0 Å². The van der Waals surface area contributed by atoms with E-state index in [4.69, 9.17) is 35.3 Å². The van der Waals surface area contributed by atoms with Gasteiger partial charge >= 0.3 is 0 Å². The number of ether oxygens (including phenoxy) is 5. The molecule has 5 rings (SSSR count). The molecule has 2 fully saturated rings. The second kappa shape index (κ2) is 9.11. The van der Waals surface area contributed by atoms with Crippen LogP contribution >= 0.6 is 11.6 Å². The number of nitrogens with zero attached hydrogens (tertiary/aromatic N) is 2. The van der Waals surface area contributed by atoms with Crippen LogP contribution < -0.4 is 14.2 Å². The fourth-order valence-corrected chi connectivity index (χ4v) is 4.17. The number of rotatable bonds is 8. The van der Waals surface area contributed by atoms with Gasteiger partial charge in [0.1, 0.15) is 29.1 Å². The number of aryl methyl sites for hydroxylation is 1. The second-order valence-electron chi connectivity index (χ2n) is 7.81. The zero-order valence-corrected chi connectivity index (χ0v) is 18.2. The van der Waals surface area contributed by atoms with Gasteiger partial charge in [-0.15, -0.1) is 0 Å². The predicted octanol–water partition coefficient (Wildman–Crippen LogP) is 2.54. The lowest BCUT2D eigenvalue weighted by molar-refractivity contribution is 0.00706. The smallest absolute Gasteiger partial charge is 0.296 e. The van der Waals surface area contributed by atoms with Gasteiger partial charge in [-0.25, -0.2) is 0 Å². The molecule has 1 aromatic carbocycles. The number of halogens is 1. The van der Waals surface area contributed by atoms with Crippen LogP contribution in [0.3, 0.4) is 0 Å². The lowest BCUT2D eigenvalue weighted by atomic mass is 10.1. The number of nitrogens with one attached hydrogen (secondary N) is 1. The van der Waals surface area contributed by atoms with Gasteiger partial charge in [-0.2, -0.15) is 9.97 Å². The maximum atomic E-state index is 9.86. The van der Waals surface area contributed by atoms with E-state index in [1.165, 1.54) is 5.56 Å². The molecule has 0 radical (unpaired) electrons. The molecule has 170 valence electrons. The molecule has 0 spiro atoms.